The summed E-state index contributed by atoms with van der Waals surface area (Å²) in [5.41, 5.74) is 5.42. The minimum absolute atomic E-state index is 0. The molecule has 0 fully saturated rings. The van der Waals surface area contributed by atoms with Crippen LogP contribution in [0.4, 0.5) is 0 Å². The van der Waals surface area contributed by atoms with Gasteiger partial charge in [0.15, 0.2) is 5.78 Å². The molecule has 0 amide bonds. The molecule has 0 spiro atoms. The predicted octanol–water partition coefficient (Wildman–Crippen LogP) is 11.0. The Morgan fingerprint density at radius 1 is 1.05 bits per heavy atom. The minimum Gasteiger partial charge on any atom is -0.512 e. The van der Waals surface area contributed by atoms with E-state index in [9.17, 15) is 9.90 Å². The van der Waals surface area contributed by atoms with Crippen LogP contribution in [-0.4, -0.2) is 15.9 Å². The molecule has 4 nitrogen and oxygen atoms in total. The van der Waals surface area contributed by atoms with Crippen LogP contribution >= 0.6 is 0 Å². The number of ketones is 1. The number of fused-ring (bicyclic) bond motifs is 3. The van der Waals surface area contributed by atoms with Crippen LogP contribution in [0.25, 0.3) is 32.8 Å². The summed E-state index contributed by atoms with van der Waals surface area (Å²) >= 11 is 0. The maximum absolute atomic E-state index is 11.9. The third-order valence-electron chi connectivity index (χ3n) is 9.30. The van der Waals surface area contributed by atoms with Crippen molar-refractivity contribution in [1.29, 1.82) is 0 Å². The molecular weight excluding hydrogens is 723 g/mol. The van der Waals surface area contributed by atoms with Gasteiger partial charge in [-0.05, 0) is 75.0 Å². The van der Waals surface area contributed by atoms with E-state index in [4.69, 9.17) is 9.72 Å². The molecule has 0 saturated carbocycles. The molecule has 1 aromatic heterocycles. The maximum Gasteiger partial charge on any atom is 0.162 e. The van der Waals surface area contributed by atoms with Crippen molar-refractivity contribution in [3.05, 3.63) is 77.2 Å². The number of rotatable bonds is 9. The summed E-state index contributed by atoms with van der Waals surface area (Å²) in [4.78, 5) is 16.6. The predicted molar refractivity (Wildman–Crippen MR) is 180 cm³/mol. The Bertz CT molecular complexity index is 1660. The Balaban J connectivity index is 0.000000271. The molecule has 1 aliphatic heterocycles. The fourth-order valence-corrected chi connectivity index (χ4v) is 6.09. The molecule has 0 saturated heterocycles. The molecule has 237 valence electrons. The number of hydrogen-bond donors (Lipinski definition) is 1. The monoisotopic (exact) mass is 771 g/mol. The third-order valence-corrected chi connectivity index (χ3v) is 9.30. The van der Waals surface area contributed by atoms with E-state index in [1.807, 2.05) is 40.8 Å². The summed E-state index contributed by atoms with van der Waals surface area (Å²) in [6.07, 6.45) is 7.77. The Labute approximate surface area is 277 Å². The fraction of sp³-hybridized carbons (Fsp3) is 0.436. The van der Waals surface area contributed by atoms with E-state index in [1.165, 1.54) is 28.0 Å². The van der Waals surface area contributed by atoms with E-state index >= 15 is 0 Å². The van der Waals surface area contributed by atoms with Crippen LogP contribution in [0, 0.1) is 37.2 Å². The van der Waals surface area contributed by atoms with Crippen LogP contribution in [0.15, 0.2) is 54.4 Å². The summed E-state index contributed by atoms with van der Waals surface area (Å²) in [5.74, 6) is 2.79. The summed E-state index contributed by atoms with van der Waals surface area (Å²) in [6.45, 7) is 18.9. The Kier molecular flexibility index (Phi) is 12.0. The second-order valence-electron chi connectivity index (χ2n) is 12.7. The first-order chi connectivity index (χ1) is 20.5. The van der Waals surface area contributed by atoms with Gasteiger partial charge in [-0.3, -0.25) is 9.78 Å². The van der Waals surface area contributed by atoms with Gasteiger partial charge < -0.3 is 9.84 Å². The van der Waals surface area contributed by atoms with E-state index in [1.54, 1.807) is 0 Å². The smallest absolute Gasteiger partial charge is 0.162 e. The van der Waals surface area contributed by atoms with Crippen molar-refractivity contribution in [3.63, 3.8) is 0 Å². The van der Waals surface area contributed by atoms with Gasteiger partial charge in [0.1, 0.15) is 11.5 Å². The zero-order valence-electron chi connectivity index (χ0n) is 27.9. The molecule has 1 aliphatic rings. The van der Waals surface area contributed by atoms with Crippen LogP contribution in [0.1, 0.15) is 90.8 Å². The van der Waals surface area contributed by atoms with Gasteiger partial charge in [-0.15, -0.1) is 17.5 Å². The molecule has 1 N–H and O–H groups in total. The van der Waals surface area contributed by atoms with E-state index < -0.39 is 0 Å². The Morgan fingerprint density at radius 3 is 2.34 bits per heavy atom. The number of nitrogens with zero attached hydrogens (tertiary/aromatic N) is 1. The van der Waals surface area contributed by atoms with Crippen molar-refractivity contribution in [2.45, 2.75) is 94.4 Å². The van der Waals surface area contributed by atoms with Gasteiger partial charge in [-0.1, -0.05) is 88.7 Å². The number of pyridine rings is 1. The van der Waals surface area contributed by atoms with Gasteiger partial charge in [0.25, 0.3) is 0 Å². The van der Waals surface area contributed by atoms with Gasteiger partial charge >= 0.3 is 0 Å². The summed E-state index contributed by atoms with van der Waals surface area (Å²) in [5, 5.41) is 14.7. The standard InChI is InChI=1S/C25H22NO.C14H26O2.Ir/c1-14(2)10-17-11-19-8-9-26-24-20-13-18-7-5-6-15(3)22(18)16(4)25(20)27-21(12-17)23(19)24;1-6-11(7-2)12(15)10-13(16)14(5,8-3)9-4;/h5-9,11-12,14H,10H2,1-4H3;10-11,16H,6-9H2,1-5H3;/q-1;;/b;13-10-;. The normalized spacial score (nSPS) is 12.5. The van der Waals surface area contributed by atoms with Gasteiger partial charge in [0, 0.05) is 54.8 Å². The number of aliphatic hydroxyl groups excluding tert-OH is 1. The first kappa shape index (κ1) is 35.5. The van der Waals surface area contributed by atoms with Crippen LogP contribution in [-0.2, 0) is 31.3 Å². The first-order valence-corrected chi connectivity index (χ1v) is 16.0. The van der Waals surface area contributed by atoms with Gasteiger partial charge in [0.2, 0.25) is 0 Å². The number of benzene rings is 3. The molecule has 3 aromatic carbocycles. The molecule has 44 heavy (non-hydrogen) atoms. The molecule has 0 atom stereocenters. The van der Waals surface area contributed by atoms with E-state index in [-0.39, 0.29) is 43.0 Å². The number of ether oxygens (including phenoxy) is 1. The van der Waals surface area contributed by atoms with Crippen molar-refractivity contribution in [1.82, 2.24) is 4.98 Å². The van der Waals surface area contributed by atoms with Crippen molar-refractivity contribution >= 4 is 27.3 Å². The average molecular weight is 771 g/mol. The SMILES string of the molecule is CCC(CC)C(=O)/C=C(\O)C(C)(CC)CC.Cc1cccc2[c-]c3c(c(C)c12)Oc1cc(CC(C)C)cc2ccnc-3c12.[Ir]. The van der Waals surface area contributed by atoms with Gasteiger partial charge in [-0.2, -0.15) is 0 Å². The molecule has 0 unspecified atom stereocenters. The summed E-state index contributed by atoms with van der Waals surface area (Å²) in [7, 11) is 0. The zero-order valence-corrected chi connectivity index (χ0v) is 30.2. The van der Waals surface area contributed by atoms with Crippen LogP contribution in [0.2, 0.25) is 0 Å². The number of aryl methyl sites for hydroxylation is 2. The first-order valence-electron chi connectivity index (χ1n) is 16.0. The molecule has 5 heteroatoms. The summed E-state index contributed by atoms with van der Waals surface area (Å²) in [6, 6.07) is 16.5. The number of allylic oxidation sites excluding steroid dienone is 2. The van der Waals surface area contributed by atoms with Crippen LogP contribution in [0.3, 0.4) is 0 Å². The van der Waals surface area contributed by atoms with Crippen LogP contribution < -0.4 is 4.74 Å². The zero-order chi connectivity index (χ0) is 31.5. The fourth-order valence-electron chi connectivity index (χ4n) is 6.09. The van der Waals surface area contributed by atoms with Crippen molar-refractivity contribution in [3.8, 4) is 22.8 Å². The van der Waals surface area contributed by atoms with E-state index in [0.717, 1.165) is 71.2 Å². The van der Waals surface area contributed by atoms with Crippen molar-refractivity contribution < 1.29 is 34.7 Å². The van der Waals surface area contributed by atoms with Gasteiger partial charge in [-0.25, -0.2) is 0 Å². The minimum atomic E-state index is -0.248. The molecule has 2 heterocycles. The largest absolute Gasteiger partial charge is 0.512 e. The Hall–Kier alpha value is -3.01. The molecule has 0 aliphatic carbocycles. The number of hydrogen-bond acceptors (Lipinski definition) is 4. The third kappa shape index (κ3) is 7.11. The van der Waals surface area contributed by atoms with E-state index in [2.05, 4.69) is 70.2 Å². The number of carbonyl (C=O) groups is 1. The molecule has 0 bridgehead atoms. The average Bonchev–Trinajstić information content (AvgIpc) is 2.98. The number of aliphatic hydroxyl groups is 1. The quantitative estimate of drug-likeness (QED) is 0.0921. The Morgan fingerprint density at radius 2 is 1.73 bits per heavy atom. The second kappa shape index (κ2) is 14.8. The van der Waals surface area contributed by atoms with Crippen LogP contribution in [0.5, 0.6) is 11.5 Å². The number of aromatic nitrogens is 1. The number of carbonyl (C=O) groups excluding carboxylic acids is 1. The second-order valence-corrected chi connectivity index (χ2v) is 12.7. The van der Waals surface area contributed by atoms with E-state index in [0.29, 0.717) is 5.92 Å². The van der Waals surface area contributed by atoms with Crippen molar-refractivity contribution in [2.75, 3.05) is 0 Å². The van der Waals surface area contributed by atoms with Crippen molar-refractivity contribution in [2.24, 2.45) is 17.3 Å². The van der Waals surface area contributed by atoms with Gasteiger partial charge in [0.05, 0.1) is 5.75 Å². The topological polar surface area (TPSA) is 59.4 Å². The molecular formula is C39H48IrNO3-. The summed E-state index contributed by atoms with van der Waals surface area (Å²) < 4.78 is 6.49. The molecule has 5 rings (SSSR count). The molecule has 4 aromatic rings. The maximum atomic E-state index is 11.9. The molecule has 1 radical (unpaired) electrons.